The molecule has 0 bridgehead atoms. The van der Waals surface area contributed by atoms with Crippen molar-refractivity contribution in [1.82, 2.24) is 0 Å². The van der Waals surface area contributed by atoms with Crippen LogP contribution in [0.2, 0.25) is 0 Å². The molecule has 0 aliphatic heterocycles. The molecule has 0 N–H and O–H groups in total. The van der Waals surface area contributed by atoms with E-state index in [0.717, 1.165) is 27.5 Å². The van der Waals surface area contributed by atoms with Crippen LogP contribution in [-0.4, -0.2) is 7.11 Å². The van der Waals surface area contributed by atoms with Crippen molar-refractivity contribution < 1.29 is 9.15 Å². The van der Waals surface area contributed by atoms with Crippen LogP contribution in [0.15, 0.2) is 33.5 Å². The Labute approximate surface area is 116 Å². The van der Waals surface area contributed by atoms with Crippen molar-refractivity contribution in [3.63, 3.8) is 0 Å². The summed E-state index contributed by atoms with van der Waals surface area (Å²) < 4.78 is 10.8. The maximum Gasteiger partial charge on any atom is 0.344 e. The molecular formula is C17H16O3. The summed E-state index contributed by atoms with van der Waals surface area (Å²) in [7, 11) is 1.60. The van der Waals surface area contributed by atoms with Crippen LogP contribution in [0.5, 0.6) is 5.75 Å². The quantitative estimate of drug-likeness (QED) is 0.496. The Kier molecular flexibility index (Phi) is 2.78. The maximum atomic E-state index is 12.3. The topological polar surface area (TPSA) is 39.4 Å². The normalized spacial score (nSPS) is 11.2. The molecule has 2 aromatic carbocycles. The second-order valence-corrected chi connectivity index (χ2v) is 5.16. The summed E-state index contributed by atoms with van der Waals surface area (Å²) in [5, 5.41) is 2.52. The molecule has 0 unspecified atom stereocenters. The molecule has 0 saturated carbocycles. The number of aryl methyl sites for hydroxylation is 3. The lowest BCUT2D eigenvalue weighted by Crippen LogP contribution is -2.04. The predicted octanol–water partition coefficient (Wildman–Crippen LogP) is 3.88. The van der Waals surface area contributed by atoms with Crippen molar-refractivity contribution in [2.45, 2.75) is 20.8 Å². The van der Waals surface area contributed by atoms with Gasteiger partial charge >= 0.3 is 5.63 Å². The first-order chi connectivity index (χ1) is 9.52. The van der Waals surface area contributed by atoms with Crippen LogP contribution < -0.4 is 10.4 Å². The largest absolute Gasteiger partial charge is 0.496 e. The monoisotopic (exact) mass is 268 g/mol. The first-order valence-corrected chi connectivity index (χ1v) is 6.54. The highest BCUT2D eigenvalue weighted by Gasteiger charge is 2.14. The van der Waals surface area contributed by atoms with Gasteiger partial charge in [-0.2, -0.15) is 0 Å². The van der Waals surface area contributed by atoms with Crippen LogP contribution in [0.3, 0.4) is 0 Å². The average molecular weight is 268 g/mol. The van der Waals surface area contributed by atoms with Crippen LogP contribution >= 0.6 is 0 Å². The first-order valence-electron chi connectivity index (χ1n) is 6.54. The van der Waals surface area contributed by atoms with Gasteiger partial charge in [0.25, 0.3) is 0 Å². The molecule has 0 radical (unpaired) electrons. The zero-order valence-corrected chi connectivity index (χ0v) is 12.0. The Bertz CT molecular complexity index is 888. The predicted molar refractivity (Wildman–Crippen MR) is 80.8 cm³/mol. The van der Waals surface area contributed by atoms with Gasteiger partial charge in [0.1, 0.15) is 11.3 Å². The standard InChI is InChI=1S/C17H16O3/c1-9-7-10(2)15-12-5-6-13(19-4)11(3)16(12)17(18)20-14(15)8-9/h5-8H,1-4H3. The lowest BCUT2D eigenvalue weighted by Gasteiger charge is -2.11. The van der Waals surface area contributed by atoms with E-state index in [9.17, 15) is 4.79 Å². The molecule has 102 valence electrons. The Morgan fingerprint density at radius 3 is 2.50 bits per heavy atom. The van der Waals surface area contributed by atoms with E-state index >= 15 is 0 Å². The lowest BCUT2D eigenvalue weighted by molar-refractivity contribution is 0.412. The number of rotatable bonds is 1. The van der Waals surface area contributed by atoms with Crippen LogP contribution in [0, 0.1) is 20.8 Å². The van der Waals surface area contributed by atoms with E-state index in [1.54, 1.807) is 7.11 Å². The van der Waals surface area contributed by atoms with E-state index in [1.165, 1.54) is 0 Å². The van der Waals surface area contributed by atoms with Crippen molar-refractivity contribution in [2.24, 2.45) is 0 Å². The summed E-state index contributed by atoms with van der Waals surface area (Å²) in [5.41, 5.74) is 3.35. The highest BCUT2D eigenvalue weighted by atomic mass is 16.5. The van der Waals surface area contributed by atoms with Crippen LogP contribution in [0.25, 0.3) is 21.7 Å². The van der Waals surface area contributed by atoms with Gasteiger partial charge in [-0.15, -0.1) is 0 Å². The molecule has 0 spiro atoms. The summed E-state index contributed by atoms with van der Waals surface area (Å²) in [5.74, 6) is 0.703. The number of methoxy groups -OCH3 is 1. The summed E-state index contributed by atoms with van der Waals surface area (Å²) in [6.07, 6.45) is 0. The SMILES string of the molecule is COc1ccc2c(c1C)c(=O)oc1cc(C)cc(C)c12. The number of fused-ring (bicyclic) bond motifs is 3. The molecule has 0 fully saturated rings. The minimum absolute atomic E-state index is 0.311. The third-order valence-electron chi connectivity index (χ3n) is 3.76. The van der Waals surface area contributed by atoms with E-state index < -0.39 is 0 Å². The zero-order valence-electron chi connectivity index (χ0n) is 12.0. The fraction of sp³-hybridized carbons (Fsp3) is 0.235. The van der Waals surface area contributed by atoms with Crippen molar-refractivity contribution in [2.75, 3.05) is 7.11 Å². The summed E-state index contributed by atoms with van der Waals surface area (Å²) in [6, 6.07) is 7.84. The smallest absolute Gasteiger partial charge is 0.344 e. The number of hydrogen-bond acceptors (Lipinski definition) is 3. The number of hydrogen-bond donors (Lipinski definition) is 0. The Morgan fingerprint density at radius 1 is 1.05 bits per heavy atom. The maximum absolute atomic E-state index is 12.3. The molecule has 3 aromatic rings. The molecule has 0 aliphatic carbocycles. The molecule has 1 aromatic heterocycles. The number of benzene rings is 2. The fourth-order valence-corrected chi connectivity index (χ4v) is 2.89. The summed E-state index contributed by atoms with van der Waals surface area (Å²) >= 11 is 0. The average Bonchev–Trinajstić information content (AvgIpc) is 2.37. The Hall–Kier alpha value is -2.29. The van der Waals surface area contributed by atoms with Crippen molar-refractivity contribution >= 4 is 21.7 Å². The van der Waals surface area contributed by atoms with Gasteiger partial charge in [0.2, 0.25) is 0 Å². The van der Waals surface area contributed by atoms with E-state index in [-0.39, 0.29) is 5.63 Å². The summed E-state index contributed by atoms with van der Waals surface area (Å²) in [6.45, 7) is 5.91. The van der Waals surface area contributed by atoms with E-state index in [2.05, 4.69) is 6.07 Å². The van der Waals surface area contributed by atoms with Crippen LogP contribution in [0.4, 0.5) is 0 Å². The molecule has 3 nitrogen and oxygen atoms in total. The Balaban J connectivity index is 2.62. The van der Waals surface area contributed by atoms with E-state index in [0.29, 0.717) is 16.7 Å². The van der Waals surface area contributed by atoms with Crippen molar-refractivity contribution in [1.29, 1.82) is 0 Å². The van der Waals surface area contributed by atoms with Gasteiger partial charge in [-0.05, 0) is 50.1 Å². The van der Waals surface area contributed by atoms with Gasteiger partial charge in [0, 0.05) is 16.3 Å². The molecule has 0 aliphatic rings. The minimum atomic E-state index is -0.311. The van der Waals surface area contributed by atoms with Gasteiger partial charge in [-0.3, -0.25) is 0 Å². The molecule has 3 rings (SSSR count). The molecule has 20 heavy (non-hydrogen) atoms. The molecule has 0 saturated heterocycles. The second-order valence-electron chi connectivity index (χ2n) is 5.16. The highest BCUT2D eigenvalue weighted by molar-refractivity contribution is 6.07. The summed E-state index contributed by atoms with van der Waals surface area (Å²) in [4.78, 5) is 12.3. The minimum Gasteiger partial charge on any atom is -0.496 e. The fourth-order valence-electron chi connectivity index (χ4n) is 2.89. The third-order valence-corrected chi connectivity index (χ3v) is 3.76. The van der Waals surface area contributed by atoms with Crippen molar-refractivity contribution in [3.05, 3.63) is 51.4 Å². The van der Waals surface area contributed by atoms with Gasteiger partial charge in [0.15, 0.2) is 0 Å². The highest BCUT2D eigenvalue weighted by Crippen LogP contribution is 2.32. The zero-order chi connectivity index (χ0) is 14.4. The second kappa shape index (κ2) is 4.37. The first kappa shape index (κ1) is 12.7. The molecule has 3 heteroatoms. The van der Waals surface area contributed by atoms with Gasteiger partial charge in [-0.25, -0.2) is 4.79 Å². The Morgan fingerprint density at radius 2 is 1.80 bits per heavy atom. The van der Waals surface area contributed by atoms with Gasteiger partial charge < -0.3 is 9.15 Å². The number of ether oxygens (including phenoxy) is 1. The molecule has 0 amide bonds. The molecule has 1 heterocycles. The van der Waals surface area contributed by atoms with Gasteiger partial charge in [0.05, 0.1) is 12.5 Å². The third kappa shape index (κ3) is 1.70. The lowest BCUT2D eigenvalue weighted by atomic mass is 9.99. The van der Waals surface area contributed by atoms with Gasteiger partial charge in [-0.1, -0.05) is 6.07 Å². The van der Waals surface area contributed by atoms with Crippen molar-refractivity contribution in [3.8, 4) is 5.75 Å². The van der Waals surface area contributed by atoms with E-state index in [4.69, 9.17) is 9.15 Å². The molecule has 0 atom stereocenters. The van der Waals surface area contributed by atoms with Crippen LogP contribution in [-0.2, 0) is 0 Å². The van der Waals surface area contributed by atoms with E-state index in [1.807, 2.05) is 39.0 Å². The molecular weight excluding hydrogens is 252 g/mol. The van der Waals surface area contributed by atoms with Crippen LogP contribution in [0.1, 0.15) is 16.7 Å².